The minimum absolute atomic E-state index is 0.0841. The van der Waals surface area contributed by atoms with Gasteiger partial charge in [0.15, 0.2) is 11.5 Å². The van der Waals surface area contributed by atoms with E-state index in [0.717, 1.165) is 0 Å². The van der Waals surface area contributed by atoms with Crippen LogP contribution in [0, 0.1) is 0 Å². The van der Waals surface area contributed by atoms with E-state index >= 15 is 0 Å². The Morgan fingerprint density at radius 3 is 2.54 bits per heavy atom. The molecule has 0 saturated heterocycles. The van der Waals surface area contributed by atoms with Crippen molar-refractivity contribution in [3.05, 3.63) is 18.2 Å². The molecule has 134 valence electrons. The largest absolute Gasteiger partial charge is 0.454 e. The third kappa shape index (κ3) is 4.83. The molecule has 0 atom stereocenters. The first-order valence-electron chi connectivity index (χ1n) is 7.59. The summed E-state index contributed by atoms with van der Waals surface area (Å²) in [6.07, 6.45) is 0. The molecule has 2 rings (SSSR count). The van der Waals surface area contributed by atoms with E-state index in [0.29, 0.717) is 31.1 Å². The molecule has 0 spiro atoms. The average Bonchev–Trinajstić information content (AvgIpc) is 2.97. The van der Waals surface area contributed by atoms with Crippen molar-refractivity contribution in [2.75, 3.05) is 47.1 Å². The van der Waals surface area contributed by atoms with E-state index in [1.807, 2.05) is 19.0 Å². The highest BCUT2D eigenvalue weighted by atomic mass is 32.2. The van der Waals surface area contributed by atoms with Crippen molar-refractivity contribution in [1.29, 1.82) is 0 Å². The van der Waals surface area contributed by atoms with Crippen LogP contribution in [0.15, 0.2) is 23.1 Å². The summed E-state index contributed by atoms with van der Waals surface area (Å²) in [5.74, 6) is 0.855. The van der Waals surface area contributed by atoms with Crippen LogP contribution in [0.3, 0.4) is 0 Å². The molecule has 1 heterocycles. The number of amides is 1. The maximum absolute atomic E-state index is 12.3. The van der Waals surface area contributed by atoms with Crippen LogP contribution in [0.2, 0.25) is 0 Å². The van der Waals surface area contributed by atoms with E-state index in [-0.39, 0.29) is 24.1 Å². The second-order valence-electron chi connectivity index (χ2n) is 5.72. The molecule has 0 aromatic heterocycles. The van der Waals surface area contributed by atoms with Crippen molar-refractivity contribution in [2.24, 2.45) is 0 Å². The van der Waals surface area contributed by atoms with Gasteiger partial charge in [-0.3, -0.25) is 4.79 Å². The molecule has 0 radical (unpaired) electrons. The number of hydrogen-bond acceptors (Lipinski definition) is 6. The van der Waals surface area contributed by atoms with Gasteiger partial charge >= 0.3 is 0 Å². The zero-order chi connectivity index (χ0) is 17.7. The first-order valence-corrected chi connectivity index (χ1v) is 9.07. The number of ether oxygens (including phenoxy) is 2. The van der Waals surface area contributed by atoms with Crippen LogP contribution in [0.5, 0.6) is 11.5 Å². The number of likely N-dealkylation sites (N-methyl/N-ethyl adjacent to an activating group) is 1. The number of hydrogen-bond donors (Lipinski definition) is 1. The molecule has 1 aliphatic rings. The highest BCUT2D eigenvalue weighted by molar-refractivity contribution is 7.89. The number of fused-ring (bicyclic) bond motifs is 1. The van der Waals surface area contributed by atoms with Gasteiger partial charge in [-0.2, -0.15) is 0 Å². The van der Waals surface area contributed by atoms with Crippen molar-refractivity contribution in [1.82, 2.24) is 14.5 Å². The van der Waals surface area contributed by atoms with Crippen LogP contribution >= 0.6 is 0 Å². The Kier molecular flexibility index (Phi) is 6.03. The maximum Gasteiger partial charge on any atom is 0.240 e. The van der Waals surface area contributed by atoms with Gasteiger partial charge in [0.2, 0.25) is 22.7 Å². The quantitative estimate of drug-likeness (QED) is 0.710. The zero-order valence-electron chi connectivity index (χ0n) is 14.1. The van der Waals surface area contributed by atoms with Crippen molar-refractivity contribution < 1.29 is 22.7 Å². The lowest BCUT2D eigenvalue weighted by atomic mass is 10.3. The van der Waals surface area contributed by atoms with Gasteiger partial charge < -0.3 is 19.3 Å². The summed E-state index contributed by atoms with van der Waals surface area (Å²) in [5.41, 5.74) is 0. The third-order valence-electron chi connectivity index (χ3n) is 3.59. The van der Waals surface area contributed by atoms with Crippen LogP contribution in [-0.2, 0) is 14.8 Å². The number of rotatable bonds is 8. The van der Waals surface area contributed by atoms with E-state index in [2.05, 4.69) is 4.72 Å². The first kappa shape index (κ1) is 18.5. The van der Waals surface area contributed by atoms with E-state index in [1.165, 1.54) is 19.1 Å². The van der Waals surface area contributed by atoms with Crippen molar-refractivity contribution in [3.8, 4) is 11.5 Å². The van der Waals surface area contributed by atoms with Crippen molar-refractivity contribution in [2.45, 2.75) is 11.8 Å². The van der Waals surface area contributed by atoms with Gasteiger partial charge in [-0.25, -0.2) is 13.1 Å². The van der Waals surface area contributed by atoms with Gasteiger partial charge in [-0.1, -0.05) is 0 Å². The SMILES string of the molecule is CC(=O)N(CCNS(=O)(=O)c1ccc2c(c1)OCO2)CCN(C)C. The number of nitrogens with zero attached hydrogens (tertiary/aromatic N) is 2. The van der Waals surface area contributed by atoms with Gasteiger partial charge in [-0.05, 0) is 26.2 Å². The monoisotopic (exact) mass is 357 g/mol. The molecule has 1 aliphatic heterocycles. The first-order chi connectivity index (χ1) is 11.3. The van der Waals surface area contributed by atoms with Crippen LogP contribution < -0.4 is 14.2 Å². The lowest BCUT2D eigenvalue weighted by Gasteiger charge is -2.23. The molecular weight excluding hydrogens is 334 g/mol. The van der Waals surface area contributed by atoms with Crippen LogP contribution in [0.1, 0.15) is 6.92 Å². The molecule has 0 aliphatic carbocycles. The Bertz CT molecular complexity index is 690. The molecule has 0 saturated carbocycles. The Morgan fingerprint density at radius 1 is 1.17 bits per heavy atom. The van der Waals surface area contributed by atoms with Gasteiger partial charge in [0.25, 0.3) is 0 Å². The second kappa shape index (κ2) is 7.82. The zero-order valence-corrected chi connectivity index (χ0v) is 14.9. The van der Waals surface area contributed by atoms with Gasteiger partial charge in [-0.15, -0.1) is 0 Å². The molecule has 24 heavy (non-hydrogen) atoms. The molecule has 8 nitrogen and oxygen atoms in total. The molecule has 1 aromatic rings. The van der Waals surface area contributed by atoms with E-state index in [1.54, 1.807) is 11.0 Å². The highest BCUT2D eigenvalue weighted by Gasteiger charge is 2.20. The molecule has 0 fully saturated rings. The number of benzene rings is 1. The van der Waals surface area contributed by atoms with Gasteiger partial charge in [0.05, 0.1) is 4.90 Å². The summed E-state index contributed by atoms with van der Waals surface area (Å²) in [6, 6.07) is 4.46. The highest BCUT2D eigenvalue weighted by Crippen LogP contribution is 2.33. The standard InChI is InChI=1S/C15H23N3O5S/c1-12(19)18(9-8-17(2)3)7-6-16-24(20,21)13-4-5-14-15(10-13)23-11-22-14/h4-5,10,16H,6-9,11H2,1-3H3. The third-order valence-corrected chi connectivity index (χ3v) is 5.05. The summed E-state index contributed by atoms with van der Waals surface area (Å²) >= 11 is 0. The molecule has 1 aromatic carbocycles. The van der Waals surface area contributed by atoms with Crippen LogP contribution in [-0.4, -0.2) is 71.2 Å². The minimum atomic E-state index is -3.67. The summed E-state index contributed by atoms with van der Waals surface area (Å²) in [5, 5.41) is 0. The maximum atomic E-state index is 12.3. The summed E-state index contributed by atoms with van der Waals surface area (Å²) < 4.78 is 37.5. The number of carbonyl (C=O) groups is 1. The minimum Gasteiger partial charge on any atom is -0.454 e. The fraction of sp³-hybridized carbons (Fsp3) is 0.533. The Labute approximate surface area is 142 Å². The predicted octanol–water partition coefficient (Wildman–Crippen LogP) is 0.104. The number of nitrogens with one attached hydrogen (secondary N) is 1. The smallest absolute Gasteiger partial charge is 0.240 e. The summed E-state index contributed by atoms with van der Waals surface area (Å²) in [6.45, 7) is 3.28. The fourth-order valence-electron chi connectivity index (χ4n) is 2.19. The normalized spacial score (nSPS) is 13.3. The van der Waals surface area contributed by atoms with E-state index in [9.17, 15) is 13.2 Å². The topological polar surface area (TPSA) is 88.2 Å². The number of carbonyl (C=O) groups excluding carboxylic acids is 1. The molecule has 1 amide bonds. The molecule has 0 bridgehead atoms. The molecule has 0 unspecified atom stereocenters. The number of sulfonamides is 1. The Hall–Kier alpha value is -1.84. The van der Waals surface area contributed by atoms with Crippen LogP contribution in [0.4, 0.5) is 0 Å². The Balaban J connectivity index is 1.93. The predicted molar refractivity (Wildman–Crippen MR) is 88.6 cm³/mol. The van der Waals surface area contributed by atoms with E-state index in [4.69, 9.17) is 9.47 Å². The Morgan fingerprint density at radius 2 is 1.88 bits per heavy atom. The fourth-order valence-corrected chi connectivity index (χ4v) is 3.23. The van der Waals surface area contributed by atoms with Crippen molar-refractivity contribution >= 4 is 15.9 Å². The van der Waals surface area contributed by atoms with E-state index < -0.39 is 10.0 Å². The van der Waals surface area contributed by atoms with Gasteiger partial charge in [0.1, 0.15) is 0 Å². The van der Waals surface area contributed by atoms with Crippen LogP contribution in [0.25, 0.3) is 0 Å². The lowest BCUT2D eigenvalue weighted by Crippen LogP contribution is -2.40. The summed E-state index contributed by atoms with van der Waals surface area (Å²) in [4.78, 5) is 15.3. The second-order valence-corrected chi connectivity index (χ2v) is 7.49. The molecule has 1 N–H and O–H groups in total. The molecular formula is C15H23N3O5S. The summed E-state index contributed by atoms with van der Waals surface area (Å²) in [7, 11) is 0.166. The molecule has 9 heteroatoms. The van der Waals surface area contributed by atoms with Gasteiger partial charge in [0, 0.05) is 39.2 Å². The van der Waals surface area contributed by atoms with Crippen molar-refractivity contribution in [3.63, 3.8) is 0 Å². The lowest BCUT2D eigenvalue weighted by molar-refractivity contribution is -0.128. The average molecular weight is 357 g/mol.